The molecule has 2 aromatic rings. The average molecular weight is 312 g/mol. The molecule has 0 radical (unpaired) electrons. The van der Waals surface area contributed by atoms with Crippen LogP contribution in [0.25, 0.3) is 0 Å². The SMILES string of the molecule is NC(=S)c1ccc(C(=O)NCc2ccc(Cl)s2)nc1. The number of amides is 1. The number of hydrogen-bond donors (Lipinski definition) is 2. The summed E-state index contributed by atoms with van der Waals surface area (Å²) in [6.45, 7) is 0.426. The van der Waals surface area contributed by atoms with Gasteiger partial charge in [0, 0.05) is 16.6 Å². The van der Waals surface area contributed by atoms with Gasteiger partial charge in [-0.2, -0.15) is 0 Å². The Kier molecular flexibility index (Phi) is 4.47. The number of nitrogens with zero attached hydrogens (tertiary/aromatic N) is 1. The molecule has 0 saturated carbocycles. The van der Waals surface area contributed by atoms with Gasteiger partial charge in [0.25, 0.3) is 5.91 Å². The molecular formula is C12H10ClN3OS2. The lowest BCUT2D eigenvalue weighted by Crippen LogP contribution is -2.23. The Morgan fingerprint density at radius 2 is 2.21 bits per heavy atom. The first-order valence-electron chi connectivity index (χ1n) is 5.34. The molecule has 98 valence electrons. The summed E-state index contributed by atoms with van der Waals surface area (Å²) in [6, 6.07) is 6.93. The summed E-state index contributed by atoms with van der Waals surface area (Å²) >= 11 is 12.1. The van der Waals surface area contributed by atoms with Gasteiger partial charge in [-0.25, -0.2) is 0 Å². The maximum Gasteiger partial charge on any atom is 0.270 e. The molecule has 4 nitrogen and oxygen atoms in total. The van der Waals surface area contributed by atoms with Crippen LogP contribution >= 0.6 is 35.2 Å². The molecule has 2 aromatic heterocycles. The number of thiophene rings is 1. The molecule has 19 heavy (non-hydrogen) atoms. The minimum absolute atomic E-state index is 0.251. The predicted molar refractivity (Wildman–Crippen MR) is 80.6 cm³/mol. The highest BCUT2D eigenvalue weighted by atomic mass is 35.5. The number of nitrogens with one attached hydrogen (secondary N) is 1. The fourth-order valence-corrected chi connectivity index (χ4v) is 2.53. The zero-order valence-electron chi connectivity index (χ0n) is 9.72. The predicted octanol–water partition coefficient (Wildman–Crippen LogP) is 2.36. The van der Waals surface area contributed by atoms with Gasteiger partial charge in [-0.3, -0.25) is 9.78 Å². The first-order chi connectivity index (χ1) is 9.06. The molecular weight excluding hydrogens is 302 g/mol. The number of rotatable bonds is 4. The van der Waals surface area contributed by atoms with Crippen molar-refractivity contribution in [2.75, 3.05) is 0 Å². The molecule has 0 saturated heterocycles. The van der Waals surface area contributed by atoms with E-state index in [1.165, 1.54) is 17.5 Å². The zero-order chi connectivity index (χ0) is 13.8. The lowest BCUT2D eigenvalue weighted by atomic mass is 10.2. The van der Waals surface area contributed by atoms with Crippen LogP contribution in [0.2, 0.25) is 4.34 Å². The smallest absolute Gasteiger partial charge is 0.270 e. The second-order valence-corrected chi connectivity index (χ2v) is 5.92. The van der Waals surface area contributed by atoms with Gasteiger partial charge in [0.1, 0.15) is 10.7 Å². The molecule has 1 amide bonds. The first-order valence-corrected chi connectivity index (χ1v) is 6.95. The average Bonchev–Trinajstić information content (AvgIpc) is 2.82. The zero-order valence-corrected chi connectivity index (χ0v) is 12.1. The van der Waals surface area contributed by atoms with Crippen molar-refractivity contribution in [3.05, 3.63) is 50.9 Å². The van der Waals surface area contributed by atoms with Crippen LogP contribution in [-0.2, 0) is 6.54 Å². The molecule has 2 heterocycles. The normalized spacial score (nSPS) is 10.2. The summed E-state index contributed by atoms with van der Waals surface area (Å²) in [6.07, 6.45) is 1.49. The Morgan fingerprint density at radius 1 is 1.42 bits per heavy atom. The number of carbonyl (C=O) groups excluding carboxylic acids is 1. The van der Waals surface area contributed by atoms with E-state index in [-0.39, 0.29) is 10.9 Å². The Hall–Kier alpha value is -1.50. The van der Waals surface area contributed by atoms with Crippen LogP contribution in [0.15, 0.2) is 30.5 Å². The van der Waals surface area contributed by atoms with Crippen molar-refractivity contribution in [3.63, 3.8) is 0 Å². The number of nitrogens with two attached hydrogens (primary N) is 1. The molecule has 0 unspecified atom stereocenters. The molecule has 0 aliphatic carbocycles. The van der Waals surface area contributed by atoms with Gasteiger partial charge < -0.3 is 11.1 Å². The van der Waals surface area contributed by atoms with Crippen molar-refractivity contribution in [2.24, 2.45) is 5.73 Å². The van der Waals surface area contributed by atoms with Crippen LogP contribution < -0.4 is 11.1 Å². The van der Waals surface area contributed by atoms with Crippen LogP contribution in [0.5, 0.6) is 0 Å². The standard InChI is InChI=1S/C12H10ClN3OS2/c13-10-4-2-8(19-10)6-16-12(17)9-3-1-7(5-15-9)11(14)18/h1-5H,6H2,(H2,14,18)(H,16,17). The van der Waals surface area contributed by atoms with Gasteiger partial charge in [0.05, 0.1) is 10.9 Å². The van der Waals surface area contributed by atoms with Gasteiger partial charge >= 0.3 is 0 Å². The van der Waals surface area contributed by atoms with Gasteiger partial charge in [-0.15, -0.1) is 11.3 Å². The largest absolute Gasteiger partial charge is 0.389 e. The highest BCUT2D eigenvalue weighted by molar-refractivity contribution is 7.80. The second-order valence-electron chi connectivity index (χ2n) is 3.68. The lowest BCUT2D eigenvalue weighted by molar-refractivity contribution is 0.0946. The van der Waals surface area contributed by atoms with E-state index in [1.54, 1.807) is 18.2 Å². The van der Waals surface area contributed by atoms with Gasteiger partial charge in [0.15, 0.2) is 0 Å². The highest BCUT2D eigenvalue weighted by Crippen LogP contribution is 2.21. The van der Waals surface area contributed by atoms with Gasteiger partial charge in [-0.1, -0.05) is 23.8 Å². The summed E-state index contributed by atoms with van der Waals surface area (Å²) in [5, 5.41) is 2.76. The van der Waals surface area contributed by atoms with Crippen molar-refractivity contribution in [1.29, 1.82) is 0 Å². The number of halogens is 1. The fraction of sp³-hybridized carbons (Fsp3) is 0.0833. The molecule has 7 heteroatoms. The topological polar surface area (TPSA) is 68.0 Å². The summed E-state index contributed by atoms with van der Waals surface area (Å²) < 4.78 is 0.697. The van der Waals surface area contributed by atoms with Crippen LogP contribution in [0, 0.1) is 0 Å². The minimum Gasteiger partial charge on any atom is -0.389 e. The van der Waals surface area contributed by atoms with Crippen molar-refractivity contribution in [1.82, 2.24) is 10.3 Å². The molecule has 0 aliphatic heterocycles. The molecule has 3 N–H and O–H groups in total. The Balaban J connectivity index is 1.98. The Bertz CT molecular complexity index is 610. The Morgan fingerprint density at radius 3 is 2.74 bits per heavy atom. The number of thiocarbonyl (C=S) groups is 1. The molecule has 2 rings (SSSR count). The number of pyridine rings is 1. The van der Waals surface area contributed by atoms with E-state index < -0.39 is 0 Å². The van der Waals surface area contributed by atoms with Crippen LogP contribution in [0.4, 0.5) is 0 Å². The summed E-state index contributed by atoms with van der Waals surface area (Å²) in [4.78, 5) is 17.1. The first kappa shape index (κ1) is 13.9. The van der Waals surface area contributed by atoms with E-state index in [0.29, 0.717) is 22.1 Å². The third-order valence-electron chi connectivity index (χ3n) is 2.33. The van der Waals surface area contributed by atoms with Crippen molar-refractivity contribution in [2.45, 2.75) is 6.54 Å². The van der Waals surface area contributed by atoms with Crippen LogP contribution in [0.3, 0.4) is 0 Å². The second kappa shape index (κ2) is 6.10. The monoisotopic (exact) mass is 311 g/mol. The lowest BCUT2D eigenvalue weighted by Gasteiger charge is -2.03. The van der Waals surface area contributed by atoms with Crippen LogP contribution in [0.1, 0.15) is 20.9 Å². The number of carbonyl (C=O) groups is 1. The minimum atomic E-state index is -0.251. The highest BCUT2D eigenvalue weighted by Gasteiger charge is 2.08. The van der Waals surface area contributed by atoms with E-state index in [9.17, 15) is 4.79 Å². The molecule has 0 spiro atoms. The summed E-state index contributed by atoms with van der Waals surface area (Å²) in [5.74, 6) is -0.251. The summed E-state index contributed by atoms with van der Waals surface area (Å²) in [7, 11) is 0. The molecule has 0 atom stereocenters. The molecule has 0 fully saturated rings. The van der Waals surface area contributed by atoms with Crippen molar-refractivity contribution >= 4 is 46.1 Å². The number of aromatic nitrogens is 1. The van der Waals surface area contributed by atoms with Crippen molar-refractivity contribution < 1.29 is 4.79 Å². The maximum atomic E-state index is 11.8. The van der Waals surface area contributed by atoms with E-state index in [4.69, 9.17) is 29.6 Å². The maximum absolute atomic E-state index is 11.8. The molecule has 0 bridgehead atoms. The molecule has 0 aliphatic rings. The summed E-state index contributed by atoms with van der Waals surface area (Å²) in [5.41, 5.74) is 6.41. The van der Waals surface area contributed by atoms with Gasteiger partial charge in [0.2, 0.25) is 0 Å². The van der Waals surface area contributed by atoms with Crippen molar-refractivity contribution in [3.8, 4) is 0 Å². The van der Waals surface area contributed by atoms with E-state index in [0.717, 1.165) is 4.88 Å². The third-order valence-corrected chi connectivity index (χ3v) is 3.80. The number of hydrogen-bond acceptors (Lipinski definition) is 4. The van der Waals surface area contributed by atoms with Crippen LogP contribution in [-0.4, -0.2) is 15.9 Å². The van der Waals surface area contributed by atoms with Gasteiger partial charge in [-0.05, 0) is 24.3 Å². The molecule has 0 aromatic carbocycles. The Labute approximate surface area is 124 Å². The third kappa shape index (κ3) is 3.73. The van der Waals surface area contributed by atoms with E-state index in [2.05, 4.69) is 10.3 Å². The fourth-order valence-electron chi connectivity index (χ4n) is 1.38. The van der Waals surface area contributed by atoms with E-state index >= 15 is 0 Å². The quantitative estimate of drug-likeness (QED) is 0.851. The van der Waals surface area contributed by atoms with E-state index in [1.807, 2.05) is 6.07 Å².